The van der Waals surface area contributed by atoms with Gasteiger partial charge in [-0.15, -0.1) is 0 Å². The van der Waals surface area contributed by atoms with E-state index in [0.29, 0.717) is 0 Å². The van der Waals surface area contributed by atoms with Crippen LogP contribution in [0.25, 0.3) is 0 Å². The van der Waals surface area contributed by atoms with E-state index in [1.54, 1.807) is 4.72 Å². The molecule has 1 aromatic heterocycles. The fourth-order valence-electron chi connectivity index (χ4n) is 1.30. The van der Waals surface area contributed by atoms with E-state index in [9.17, 15) is 18.0 Å². The van der Waals surface area contributed by atoms with Gasteiger partial charge < -0.3 is 10.2 Å². The molecule has 0 aliphatic rings. The molecule has 1 atom stereocenters. The molecule has 0 bridgehead atoms. The maximum atomic E-state index is 11.9. The summed E-state index contributed by atoms with van der Waals surface area (Å²) in [5, 5.41) is 20.3. The molecule has 1 unspecified atom stereocenters. The first-order valence-electron chi connectivity index (χ1n) is 4.79. The van der Waals surface area contributed by atoms with Gasteiger partial charge in [0.1, 0.15) is 6.04 Å². The van der Waals surface area contributed by atoms with Crippen molar-refractivity contribution < 1.29 is 28.2 Å². The molecule has 1 aromatic rings. The van der Waals surface area contributed by atoms with Crippen LogP contribution in [0.4, 0.5) is 0 Å². The number of aryl methyl sites for hydroxylation is 1. The molecule has 0 radical (unpaired) electrons. The third-order valence-corrected chi connectivity index (χ3v) is 4.05. The molecular weight excluding hydrogens is 302 g/mol. The molecule has 0 saturated heterocycles. The second kappa shape index (κ2) is 5.55. The van der Waals surface area contributed by atoms with E-state index in [1.807, 2.05) is 0 Å². The zero-order valence-electron chi connectivity index (χ0n) is 9.57. The molecule has 0 spiro atoms. The van der Waals surface area contributed by atoms with Crippen molar-refractivity contribution in [2.45, 2.75) is 17.5 Å². The number of carbonyl (C=O) groups is 2. The Morgan fingerprint density at radius 1 is 1.53 bits per heavy atom. The van der Waals surface area contributed by atoms with E-state index in [-0.39, 0.29) is 5.02 Å². The number of halogens is 1. The van der Waals surface area contributed by atoms with Crippen molar-refractivity contribution in [1.82, 2.24) is 14.5 Å². The summed E-state index contributed by atoms with van der Waals surface area (Å²) in [7, 11) is -2.99. The number of nitrogens with zero attached hydrogens (tertiary/aromatic N) is 2. The van der Waals surface area contributed by atoms with Crippen LogP contribution in [-0.4, -0.2) is 46.4 Å². The summed E-state index contributed by atoms with van der Waals surface area (Å²) in [6.07, 6.45) is 0.174. The van der Waals surface area contributed by atoms with Gasteiger partial charge in [-0.25, -0.2) is 8.42 Å². The van der Waals surface area contributed by atoms with Gasteiger partial charge in [0.2, 0.25) is 0 Å². The van der Waals surface area contributed by atoms with Crippen molar-refractivity contribution in [3.63, 3.8) is 0 Å². The van der Waals surface area contributed by atoms with Crippen LogP contribution in [0.3, 0.4) is 0 Å². The third-order valence-electron chi connectivity index (χ3n) is 2.07. The smallest absolute Gasteiger partial charge is 0.322 e. The van der Waals surface area contributed by atoms with Gasteiger partial charge in [0.05, 0.1) is 17.6 Å². The van der Waals surface area contributed by atoms with E-state index < -0.39 is 39.5 Å². The maximum absolute atomic E-state index is 11.9. The summed E-state index contributed by atoms with van der Waals surface area (Å²) in [6, 6.07) is -1.80. The van der Waals surface area contributed by atoms with Crippen molar-refractivity contribution in [2.24, 2.45) is 7.05 Å². The van der Waals surface area contributed by atoms with Crippen molar-refractivity contribution in [1.29, 1.82) is 0 Å². The lowest BCUT2D eigenvalue weighted by Crippen LogP contribution is -2.42. The van der Waals surface area contributed by atoms with Crippen LogP contribution in [0, 0.1) is 0 Å². The first-order valence-corrected chi connectivity index (χ1v) is 6.65. The van der Waals surface area contributed by atoms with Gasteiger partial charge >= 0.3 is 11.9 Å². The molecule has 106 valence electrons. The third kappa shape index (κ3) is 3.66. The summed E-state index contributed by atoms with van der Waals surface area (Å²) in [6.45, 7) is 0. The van der Waals surface area contributed by atoms with Crippen molar-refractivity contribution in [2.75, 3.05) is 0 Å². The SMILES string of the molecule is Cn1ncc(Cl)c1S(=O)(=O)NC(CC(=O)O)C(=O)O. The Bertz CT molecular complexity index is 591. The molecule has 11 heteroatoms. The Morgan fingerprint density at radius 3 is 2.47 bits per heavy atom. The molecule has 9 nitrogen and oxygen atoms in total. The van der Waals surface area contributed by atoms with Crippen LogP contribution in [0.1, 0.15) is 6.42 Å². The van der Waals surface area contributed by atoms with E-state index >= 15 is 0 Å². The number of sulfonamides is 1. The zero-order valence-corrected chi connectivity index (χ0v) is 11.1. The fourth-order valence-corrected chi connectivity index (χ4v) is 3.14. The van der Waals surface area contributed by atoms with Crippen LogP contribution < -0.4 is 4.72 Å². The Hall–Kier alpha value is -1.65. The number of nitrogens with one attached hydrogen (secondary N) is 1. The van der Waals surface area contributed by atoms with Crippen LogP contribution >= 0.6 is 11.6 Å². The van der Waals surface area contributed by atoms with E-state index in [2.05, 4.69) is 5.10 Å². The average Bonchev–Trinajstić information content (AvgIpc) is 2.56. The van der Waals surface area contributed by atoms with Gasteiger partial charge in [-0.2, -0.15) is 9.82 Å². The lowest BCUT2D eigenvalue weighted by atomic mass is 10.2. The molecule has 19 heavy (non-hydrogen) atoms. The highest BCUT2D eigenvalue weighted by atomic mass is 35.5. The minimum Gasteiger partial charge on any atom is -0.481 e. The molecule has 0 amide bonds. The van der Waals surface area contributed by atoms with Crippen LogP contribution in [0.2, 0.25) is 5.02 Å². The standard InChI is InChI=1S/C8H10ClN3O6S/c1-12-7(4(9)3-10-12)19(17,18)11-5(8(15)16)2-6(13)14/h3,5,11H,2H2,1H3,(H,13,14)(H,15,16). The van der Waals surface area contributed by atoms with Gasteiger partial charge in [0.15, 0.2) is 5.03 Å². The number of rotatable bonds is 6. The summed E-state index contributed by atoms with van der Waals surface area (Å²) in [4.78, 5) is 21.3. The summed E-state index contributed by atoms with van der Waals surface area (Å²) < 4.78 is 26.5. The maximum Gasteiger partial charge on any atom is 0.322 e. The number of hydrogen-bond acceptors (Lipinski definition) is 5. The Balaban J connectivity index is 3.08. The minimum absolute atomic E-state index is 0.200. The monoisotopic (exact) mass is 311 g/mol. The van der Waals surface area contributed by atoms with Gasteiger partial charge in [-0.1, -0.05) is 11.6 Å². The highest BCUT2D eigenvalue weighted by Crippen LogP contribution is 2.20. The topological polar surface area (TPSA) is 139 Å². The van der Waals surface area contributed by atoms with Crippen molar-refractivity contribution >= 4 is 33.6 Å². The van der Waals surface area contributed by atoms with E-state index in [4.69, 9.17) is 21.8 Å². The summed E-state index contributed by atoms with van der Waals surface area (Å²) >= 11 is 5.63. The summed E-state index contributed by atoms with van der Waals surface area (Å²) in [5.41, 5.74) is 0. The number of carboxylic acid groups (broad SMARTS) is 2. The molecule has 0 fully saturated rings. The second-order valence-corrected chi connectivity index (χ2v) is 5.57. The fraction of sp³-hybridized carbons (Fsp3) is 0.375. The lowest BCUT2D eigenvalue weighted by molar-refractivity contribution is -0.145. The number of aromatic nitrogens is 2. The predicted octanol–water partition coefficient (Wildman–Crippen LogP) is -0.720. The van der Waals surface area contributed by atoms with Crippen molar-refractivity contribution in [3.05, 3.63) is 11.2 Å². The van der Waals surface area contributed by atoms with E-state index in [0.717, 1.165) is 10.9 Å². The minimum atomic E-state index is -4.29. The number of hydrogen-bond donors (Lipinski definition) is 3. The molecule has 0 aliphatic heterocycles. The Labute approximate surface area is 112 Å². The van der Waals surface area contributed by atoms with Gasteiger partial charge in [-0.3, -0.25) is 14.3 Å². The zero-order chi connectivity index (χ0) is 14.8. The largest absolute Gasteiger partial charge is 0.481 e. The molecule has 0 saturated carbocycles. The normalized spacial score (nSPS) is 13.2. The predicted molar refractivity (Wildman–Crippen MR) is 62.2 cm³/mol. The molecule has 1 rings (SSSR count). The van der Waals surface area contributed by atoms with Crippen LogP contribution in [0.5, 0.6) is 0 Å². The van der Waals surface area contributed by atoms with Gasteiger partial charge in [0, 0.05) is 7.05 Å². The molecule has 0 aliphatic carbocycles. The highest BCUT2D eigenvalue weighted by Gasteiger charge is 2.30. The van der Waals surface area contributed by atoms with Crippen LogP contribution in [-0.2, 0) is 26.7 Å². The molecule has 3 N–H and O–H groups in total. The Kier molecular flexibility index (Phi) is 4.50. The second-order valence-electron chi connectivity index (χ2n) is 3.53. The molecule has 1 heterocycles. The first kappa shape index (κ1) is 15.4. The lowest BCUT2D eigenvalue weighted by Gasteiger charge is -2.13. The van der Waals surface area contributed by atoms with Crippen molar-refractivity contribution in [3.8, 4) is 0 Å². The van der Waals surface area contributed by atoms with Gasteiger partial charge in [0.25, 0.3) is 10.0 Å². The highest BCUT2D eigenvalue weighted by molar-refractivity contribution is 7.89. The number of carboxylic acids is 2. The van der Waals surface area contributed by atoms with Crippen LogP contribution in [0.15, 0.2) is 11.2 Å². The summed E-state index contributed by atoms with van der Waals surface area (Å²) in [5.74, 6) is -3.06. The Morgan fingerprint density at radius 2 is 2.11 bits per heavy atom. The quantitative estimate of drug-likeness (QED) is 0.630. The molecular formula is C8H10ClN3O6S. The number of aliphatic carboxylic acids is 2. The average molecular weight is 312 g/mol. The molecule has 0 aromatic carbocycles. The van der Waals surface area contributed by atoms with Gasteiger partial charge in [-0.05, 0) is 0 Å². The van der Waals surface area contributed by atoms with E-state index in [1.165, 1.54) is 7.05 Å². The first-order chi connectivity index (χ1) is 8.65.